The van der Waals surface area contributed by atoms with Crippen molar-refractivity contribution < 1.29 is 4.74 Å². The predicted octanol–water partition coefficient (Wildman–Crippen LogP) is 3.20. The first-order chi connectivity index (χ1) is 6.92. The molecule has 0 fully saturated rings. The van der Waals surface area contributed by atoms with Crippen molar-refractivity contribution in [2.24, 2.45) is 0 Å². The molecule has 2 rings (SSSR count). The van der Waals surface area contributed by atoms with Crippen LogP contribution in [-0.2, 0) is 0 Å². The molecule has 1 nitrogen and oxygen atoms in total. The minimum atomic E-state index is 0.530. The van der Waals surface area contributed by atoms with E-state index in [4.69, 9.17) is 4.74 Å². The van der Waals surface area contributed by atoms with Crippen molar-refractivity contribution in [1.29, 1.82) is 0 Å². The summed E-state index contributed by atoms with van der Waals surface area (Å²) in [6, 6.07) is 15.1. The number of benzene rings is 2. The SMILES string of the molecule is C=CCOc1cccc2ccc[c]c12. The van der Waals surface area contributed by atoms with Crippen molar-refractivity contribution in [2.75, 3.05) is 6.61 Å². The van der Waals surface area contributed by atoms with E-state index in [2.05, 4.69) is 12.6 Å². The van der Waals surface area contributed by atoms with Crippen LogP contribution in [0.3, 0.4) is 0 Å². The van der Waals surface area contributed by atoms with Crippen molar-refractivity contribution in [2.45, 2.75) is 0 Å². The van der Waals surface area contributed by atoms with Crippen LogP contribution in [0.1, 0.15) is 0 Å². The fourth-order valence-corrected chi connectivity index (χ4v) is 1.39. The van der Waals surface area contributed by atoms with E-state index in [-0.39, 0.29) is 0 Å². The van der Waals surface area contributed by atoms with Gasteiger partial charge in [0.2, 0.25) is 0 Å². The first-order valence-electron chi connectivity index (χ1n) is 4.55. The quantitative estimate of drug-likeness (QED) is 0.664. The summed E-state index contributed by atoms with van der Waals surface area (Å²) in [4.78, 5) is 0. The van der Waals surface area contributed by atoms with E-state index in [1.807, 2.05) is 36.4 Å². The molecule has 0 bridgehead atoms. The molecule has 1 heteroatoms. The highest BCUT2D eigenvalue weighted by Crippen LogP contribution is 2.24. The van der Waals surface area contributed by atoms with Gasteiger partial charge in [0.25, 0.3) is 0 Å². The Labute approximate surface area is 83.6 Å². The average Bonchev–Trinajstić information content (AvgIpc) is 2.26. The van der Waals surface area contributed by atoms with Gasteiger partial charge in [0, 0.05) is 5.39 Å². The van der Waals surface area contributed by atoms with Gasteiger partial charge < -0.3 is 4.74 Å². The molecule has 0 heterocycles. The summed E-state index contributed by atoms with van der Waals surface area (Å²) in [5, 5.41) is 2.17. The minimum absolute atomic E-state index is 0.530. The first kappa shape index (κ1) is 8.82. The molecule has 2 aromatic rings. The summed E-state index contributed by atoms with van der Waals surface area (Å²) in [6.07, 6.45) is 1.74. The van der Waals surface area contributed by atoms with Crippen molar-refractivity contribution in [1.82, 2.24) is 0 Å². The van der Waals surface area contributed by atoms with E-state index in [1.165, 1.54) is 0 Å². The van der Waals surface area contributed by atoms with Crippen molar-refractivity contribution in [3.63, 3.8) is 0 Å². The van der Waals surface area contributed by atoms with Crippen LogP contribution in [0.2, 0.25) is 0 Å². The monoisotopic (exact) mass is 183 g/mol. The molecule has 0 N–H and O–H groups in total. The second-order valence-corrected chi connectivity index (χ2v) is 2.99. The van der Waals surface area contributed by atoms with Gasteiger partial charge in [0.1, 0.15) is 12.4 Å². The Morgan fingerprint density at radius 3 is 3.00 bits per heavy atom. The summed E-state index contributed by atoms with van der Waals surface area (Å²) in [7, 11) is 0. The molecule has 0 amide bonds. The van der Waals surface area contributed by atoms with E-state index in [1.54, 1.807) is 6.08 Å². The molecule has 0 spiro atoms. The maximum absolute atomic E-state index is 5.52. The van der Waals surface area contributed by atoms with Gasteiger partial charge in [0.05, 0.1) is 0 Å². The number of hydrogen-bond acceptors (Lipinski definition) is 1. The Kier molecular flexibility index (Phi) is 2.50. The van der Waals surface area contributed by atoms with E-state index >= 15 is 0 Å². The summed E-state index contributed by atoms with van der Waals surface area (Å²) >= 11 is 0. The van der Waals surface area contributed by atoms with Gasteiger partial charge in [-0.1, -0.05) is 43.0 Å². The standard InChI is InChI=1S/C13H11O/c1-2-10-14-13-9-5-7-11-6-3-4-8-12(11)13/h2-7,9H,1,10H2. The van der Waals surface area contributed by atoms with Crippen LogP contribution in [-0.4, -0.2) is 6.61 Å². The van der Waals surface area contributed by atoms with Gasteiger partial charge >= 0.3 is 0 Å². The molecule has 2 aromatic carbocycles. The number of ether oxygens (including phenoxy) is 1. The van der Waals surface area contributed by atoms with Crippen LogP contribution < -0.4 is 4.74 Å². The Hall–Kier alpha value is -1.76. The minimum Gasteiger partial charge on any atom is -0.489 e. The molecule has 69 valence electrons. The van der Waals surface area contributed by atoms with Crippen LogP contribution in [0, 0.1) is 6.07 Å². The highest BCUT2D eigenvalue weighted by Gasteiger charge is 1.99. The Morgan fingerprint density at radius 2 is 2.14 bits per heavy atom. The smallest absolute Gasteiger partial charge is 0.128 e. The fraction of sp³-hybridized carbons (Fsp3) is 0.0769. The lowest BCUT2D eigenvalue weighted by Gasteiger charge is -2.06. The molecule has 0 saturated heterocycles. The van der Waals surface area contributed by atoms with Gasteiger partial charge in [-0.05, 0) is 17.5 Å². The largest absolute Gasteiger partial charge is 0.489 e. The molecule has 0 aliphatic heterocycles. The molecule has 0 saturated carbocycles. The Balaban J connectivity index is 2.48. The van der Waals surface area contributed by atoms with Crippen molar-refractivity contribution in [3.8, 4) is 5.75 Å². The normalized spacial score (nSPS) is 10.0. The molecule has 0 aliphatic carbocycles. The number of hydrogen-bond donors (Lipinski definition) is 0. The average molecular weight is 183 g/mol. The molecule has 14 heavy (non-hydrogen) atoms. The third-order valence-corrected chi connectivity index (χ3v) is 2.01. The topological polar surface area (TPSA) is 9.23 Å². The highest BCUT2D eigenvalue weighted by atomic mass is 16.5. The highest BCUT2D eigenvalue weighted by molar-refractivity contribution is 5.87. The fourth-order valence-electron chi connectivity index (χ4n) is 1.39. The molecular formula is C13H11O. The van der Waals surface area contributed by atoms with Gasteiger partial charge in [-0.15, -0.1) is 0 Å². The zero-order valence-electron chi connectivity index (χ0n) is 7.86. The van der Waals surface area contributed by atoms with Crippen LogP contribution >= 0.6 is 0 Å². The van der Waals surface area contributed by atoms with Crippen LogP contribution in [0.25, 0.3) is 10.8 Å². The second kappa shape index (κ2) is 3.97. The van der Waals surface area contributed by atoms with Gasteiger partial charge in [-0.25, -0.2) is 0 Å². The third kappa shape index (κ3) is 1.62. The molecule has 0 aliphatic rings. The van der Waals surface area contributed by atoms with Crippen molar-refractivity contribution in [3.05, 3.63) is 55.1 Å². The summed E-state index contributed by atoms with van der Waals surface area (Å²) < 4.78 is 5.52. The summed E-state index contributed by atoms with van der Waals surface area (Å²) in [5.74, 6) is 0.864. The van der Waals surface area contributed by atoms with Crippen LogP contribution in [0.15, 0.2) is 49.1 Å². The lowest BCUT2D eigenvalue weighted by atomic mass is 10.1. The first-order valence-corrected chi connectivity index (χ1v) is 4.55. The maximum atomic E-state index is 5.52. The van der Waals surface area contributed by atoms with E-state index in [0.29, 0.717) is 6.61 Å². The van der Waals surface area contributed by atoms with E-state index < -0.39 is 0 Å². The maximum Gasteiger partial charge on any atom is 0.128 e. The number of rotatable bonds is 3. The molecular weight excluding hydrogens is 172 g/mol. The predicted molar refractivity (Wildman–Crippen MR) is 58.5 cm³/mol. The third-order valence-electron chi connectivity index (χ3n) is 2.01. The van der Waals surface area contributed by atoms with Gasteiger partial charge in [-0.2, -0.15) is 0 Å². The van der Waals surface area contributed by atoms with Crippen LogP contribution in [0.4, 0.5) is 0 Å². The Morgan fingerprint density at radius 1 is 1.29 bits per heavy atom. The van der Waals surface area contributed by atoms with Gasteiger partial charge in [0.15, 0.2) is 0 Å². The Bertz CT molecular complexity index is 440. The molecule has 0 unspecified atom stereocenters. The second-order valence-electron chi connectivity index (χ2n) is 2.99. The lowest BCUT2D eigenvalue weighted by molar-refractivity contribution is 0.367. The zero-order valence-corrected chi connectivity index (χ0v) is 7.86. The summed E-state index contributed by atoms with van der Waals surface area (Å²) in [6.45, 7) is 4.15. The van der Waals surface area contributed by atoms with Gasteiger partial charge in [-0.3, -0.25) is 0 Å². The molecule has 1 radical (unpaired) electrons. The van der Waals surface area contributed by atoms with Crippen LogP contribution in [0.5, 0.6) is 5.75 Å². The molecule has 0 aromatic heterocycles. The zero-order chi connectivity index (χ0) is 9.80. The van der Waals surface area contributed by atoms with E-state index in [0.717, 1.165) is 16.5 Å². The molecule has 0 atom stereocenters. The number of fused-ring (bicyclic) bond motifs is 1. The summed E-state index contributed by atoms with van der Waals surface area (Å²) in [5.41, 5.74) is 0. The van der Waals surface area contributed by atoms with E-state index in [9.17, 15) is 0 Å². The lowest BCUT2D eigenvalue weighted by Crippen LogP contribution is -1.93. The van der Waals surface area contributed by atoms with Crippen molar-refractivity contribution >= 4 is 10.8 Å².